The molecule has 0 heterocycles. The summed E-state index contributed by atoms with van der Waals surface area (Å²) in [5.41, 5.74) is 5.47. The molecule has 3 nitrogen and oxygen atoms in total. The number of hydrogen-bond acceptors (Lipinski definition) is 3. The molecule has 0 saturated carbocycles. The minimum absolute atomic E-state index is 0.304. The predicted octanol–water partition coefficient (Wildman–Crippen LogP) is 7.77. The van der Waals surface area contributed by atoms with E-state index in [1.54, 1.807) is 18.2 Å². The van der Waals surface area contributed by atoms with Crippen LogP contribution in [0.15, 0.2) is 66.7 Å². The van der Waals surface area contributed by atoms with E-state index < -0.39 is 5.97 Å². The Balaban J connectivity index is 1.65. The van der Waals surface area contributed by atoms with Gasteiger partial charge < -0.3 is 4.74 Å². The Kier molecular flexibility index (Phi) is 8.84. The molecule has 3 rings (SSSR count). The number of carbonyl (C=O) groups is 1. The number of nitrogens with zero attached hydrogens (tertiary/aromatic N) is 1. The number of hydrogen-bond donors (Lipinski definition) is 0. The van der Waals surface area contributed by atoms with Gasteiger partial charge in [0.25, 0.3) is 0 Å². The standard InChI is InChI=1S/C30H33NO2/c1-4-5-6-7-23-10-13-25(14-11-23)26-15-17-27(18-16-26)30(32)33-29-19-12-24(9-8-22(2)3)20-28(29)21-31/h10-20,22H,4-9H2,1-3H3. The minimum Gasteiger partial charge on any atom is -0.422 e. The average Bonchev–Trinajstić information content (AvgIpc) is 2.84. The lowest BCUT2D eigenvalue weighted by Gasteiger charge is -2.10. The van der Waals surface area contributed by atoms with Gasteiger partial charge in [-0.2, -0.15) is 5.26 Å². The van der Waals surface area contributed by atoms with Gasteiger partial charge in [-0.3, -0.25) is 0 Å². The number of ether oxygens (including phenoxy) is 1. The summed E-state index contributed by atoms with van der Waals surface area (Å²) < 4.78 is 5.55. The second kappa shape index (κ2) is 12.0. The van der Waals surface area contributed by atoms with Crippen LogP contribution in [-0.2, 0) is 12.8 Å². The SMILES string of the molecule is CCCCCc1ccc(-c2ccc(C(=O)Oc3ccc(CCC(C)C)cc3C#N)cc2)cc1. The lowest BCUT2D eigenvalue weighted by atomic mass is 10.0. The van der Waals surface area contributed by atoms with Crippen LogP contribution in [0.4, 0.5) is 0 Å². The number of carbonyl (C=O) groups excluding carboxylic acids is 1. The van der Waals surface area contributed by atoms with Gasteiger partial charge in [0.05, 0.1) is 11.1 Å². The number of benzene rings is 3. The van der Waals surface area contributed by atoms with E-state index in [1.807, 2.05) is 24.3 Å². The lowest BCUT2D eigenvalue weighted by Crippen LogP contribution is -2.09. The van der Waals surface area contributed by atoms with Gasteiger partial charge in [0.1, 0.15) is 11.8 Å². The van der Waals surface area contributed by atoms with Gasteiger partial charge in [-0.15, -0.1) is 0 Å². The molecule has 3 aromatic carbocycles. The van der Waals surface area contributed by atoms with E-state index in [0.717, 1.165) is 36.0 Å². The Morgan fingerprint density at radius 3 is 2.12 bits per heavy atom. The summed E-state index contributed by atoms with van der Waals surface area (Å²) in [7, 11) is 0. The second-order valence-electron chi connectivity index (χ2n) is 9.00. The number of esters is 1. The van der Waals surface area contributed by atoms with E-state index in [2.05, 4.69) is 51.1 Å². The molecular formula is C30H33NO2. The number of aryl methyl sites for hydroxylation is 2. The summed E-state index contributed by atoms with van der Waals surface area (Å²) in [6, 6.07) is 23.7. The minimum atomic E-state index is -0.459. The molecule has 0 N–H and O–H groups in total. The van der Waals surface area contributed by atoms with Gasteiger partial charge in [-0.05, 0) is 78.1 Å². The zero-order valence-electron chi connectivity index (χ0n) is 19.9. The Morgan fingerprint density at radius 2 is 1.52 bits per heavy atom. The fourth-order valence-electron chi connectivity index (χ4n) is 3.76. The summed E-state index contributed by atoms with van der Waals surface area (Å²) in [5, 5.41) is 9.50. The third-order valence-corrected chi connectivity index (χ3v) is 5.85. The largest absolute Gasteiger partial charge is 0.422 e. The van der Waals surface area contributed by atoms with Crippen LogP contribution in [0, 0.1) is 17.2 Å². The zero-order valence-corrected chi connectivity index (χ0v) is 19.9. The summed E-state index contributed by atoms with van der Waals surface area (Å²) in [6.07, 6.45) is 6.79. The van der Waals surface area contributed by atoms with Gasteiger partial charge in [0, 0.05) is 0 Å². The maximum absolute atomic E-state index is 12.7. The first-order valence-electron chi connectivity index (χ1n) is 11.9. The topological polar surface area (TPSA) is 50.1 Å². The van der Waals surface area contributed by atoms with Crippen LogP contribution in [0.5, 0.6) is 5.75 Å². The van der Waals surface area contributed by atoms with Crippen molar-refractivity contribution in [2.24, 2.45) is 5.92 Å². The van der Waals surface area contributed by atoms with Crippen molar-refractivity contribution in [2.45, 2.75) is 59.3 Å². The molecule has 0 radical (unpaired) electrons. The smallest absolute Gasteiger partial charge is 0.343 e. The Bertz CT molecular complexity index is 1090. The molecule has 0 aliphatic rings. The van der Waals surface area contributed by atoms with Crippen LogP contribution in [0.2, 0.25) is 0 Å². The van der Waals surface area contributed by atoms with Crippen molar-refractivity contribution in [1.29, 1.82) is 5.26 Å². The Hall–Kier alpha value is -3.38. The molecule has 0 aliphatic heterocycles. The van der Waals surface area contributed by atoms with Crippen molar-refractivity contribution in [2.75, 3.05) is 0 Å². The van der Waals surface area contributed by atoms with Crippen molar-refractivity contribution in [3.63, 3.8) is 0 Å². The first-order chi connectivity index (χ1) is 16.0. The van der Waals surface area contributed by atoms with Gasteiger partial charge in [0.15, 0.2) is 0 Å². The highest BCUT2D eigenvalue weighted by Gasteiger charge is 2.13. The van der Waals surface area contributed by atoms with Crippen molar-refractivity contribution in [1.82, 2.24) is 0 Å². The van der Waals surface area contributed by atoms with E-state index >= 15 is 0 Å². The molecule has 3 aromatic rings. The van der Waals surface area contributed by atoms with Crippen molar-refractivity contribution in [3.05, 3.63) is 89.0 Å². The molecule has 0 bridgehead atoms. The Morgan fingerprint density at radius 1 is 0.879 bits per heavy atom. The maximum atomic E-state index is 12.7. The van der Waals surface area contributed by atoms with Crippen LogP contribution in [-0.4, -0.2) is 5.97 Å². The quantitative estimate of drug-likeness (QED) is 0.184. The molecule has 0 fully saturated rings. The highest BCUT2D eigenvalue weighted by Crippen LogP contribution is 2.24. The van der Waals surface area contributed by atoms with Gasteiger partial charge in [-0.25, -0.2) is 4.79 Å². The van der Waals surface area contributed by atoms with Gasteiger partial charge >= 0.3 is 5.97 Å². The molecule has 0 spiro atoms. The van der Waals surface area contributed by atoms with Gasteiger partial charge in [0.2, 0.25) is 0 Å². The Labute approximate surface area is 198 Å². The normalized spacial score (nSPS) is 10.8. The number of rotatable bonds is 10. The monoisotopic (exact) mass is 439 g/mol. The fraction of sp³-hybridized carbons (Fsp3) is 0.333. The molecule has 170 valence electrons. The van der Waals surface area contributed by atoms with Crippen molar-refractivity contribution in [3.8, 4) is 22.9 Å². The first-order valence-corrected chi connectivity index (χ1v) is 11.9. The third-order valence-electron chi connectivity index (χ3n) is 5.85. The van der Waals surface area contributed by atoms with E-state index in [0.29, 0.717) is 22.8 Å². The second-order valence-corrected chi connectivity index (χ2v) is 9.00. The summed E-state index contributed by atoms with van der Waals surface area (Å²) >= 11 is 0. The zero-order chi connectivity index (χ0) is 23.6. The molecule has 0 aliphatic carbocycles. The highest BCUT2D eigenvalue weighted by atomic mass is 16.5. The highest BCUT2D eigenvalue weighted by molar-refractivity contribution is 5.92. The predicted molar refractivity (Wildman–Crippen MR) is 134 cm³/mol. The average molecular weight is 440 g/mol. The summed E-state index contributed by atoms with van der Waals surface area (Å²) in [4.78, 5) is 12.7. The van der Waals surface area contributed by atoms with Gasteiger partial charge in [-0.1, -0.05) is 76.1 Å². The molecule has 0 amide bonds. The number of nitriles is 1. The molecule has 0 aromatic heterocycles. The van der Waals surface area contributed by atoms with Crippen LogP contribution in [0.25, 0.3) is 11.1 Å². The first kappa shape index (κ1) is 24.3. The molecule has 3 heteroatoms. The molecule has 0 unspecified atom stereocenters. The molecule has 0 atom stereocenters. The van der Waals surface area contributed by atoms with Crippen LogP contribution in [0.1, 0.15) is 73.5 Å². The van der Waals surface area contributed by atoms with E-state index in [1.165, 1.54) is 24.8 Å². The van der Waals surface area contributed by atoms with Crippen molar-refractivity contribution < 1.29 is 9.53 Å². The molecule has 33 heavy (non-hydrogen) atoms. The van der Waals surface area contributed by atoms with E-state index in [9.17, 15) is 10.1 Å². The van der Waals surface area contributed by atoms with Crippen LogP contribution >= 0.6 is 0 Å². The molecule has 0 saturated heterocycles. The van der Waals surface area contributed by atoms with Crippen LogP contribution in [0.3, 0.4) is 0 Å². The maximum Gasteiger partial charge on any atom is 0.343 e. The summed E-state index contributed by atoms with van der Waals surface area (Å²) in [6.45, 7) is 6.57. The third kappa shape index (κ3) is 7.05. The van der Waals surface area contributed by atoms with E-state index in [4.69, 9.17) is 4.74 Å². The number of unbranched alkanes of at least 4 members (excludes halogenated alkanes) is 2. The lowest BCUT2D eigenvalue weighted by molar-refractivity contribution is 0.0734. The molecular weight excluding hydrogens is 406 g/mol. The summed E-state index contributed by atoms with van der Waals surface area (Å²) in [5.74, 6) is 0.442. The van der Waals surface area contributed by atoms with Crippen LogP contribution < -0.4 is 4.74 Å². The van der Waals surface area contributed by atoms with Crippen molar-refractivity contribution >= 4 is 5.97 Å². The van der Waals surface area contributed by atoms with E-state index in [-0.39, 0.29) is 0 Å². The fourth-order valence-corrected chi connectivity index (χ4v) is 3.76.